The number of aromatic nitrogens is 1. The molecular weight excluding hydrogens is 391 g/mol. The van der Waals surface area contributed by atoms with Gasteiger partial charge in [0, 0.05) is 43.5 Å². The van der Waals surface area contributed by atoms with Crippen LogP contribution in [0.25, 0.3) is 49.2 Å². The average Bonchev–Trinajstić information content (AvgIpc) is 3.20. The zero-order chi connectivity index (χ0) is 16.4. The first-order chi connectivity index (χ1) is 12.4. The van der Waals surface area contributed by atoms with Crippen molar-refractivity contribution < 1.29 is 32.7 Å². The molecule has 0 aliphatic carbocycles. The molecule has 0 aliphatic rings. The van der Waals surface area contributed by atoms with Crippen molar-refractivity contribution in [2.45, 2.75) is 0 Å². The molecule has 119 valence electrons. The Morgan fingerprint density at radius 2 is 1.38 bits per heavy atom. The summed E-state index contributed by atoms with van der Waals surface area (Å²) in [6.45, 7) is 0. The molecular formula is C24H13NY-2. The Hall–Kier alpha value is -2.22. The van der Waals surface area contributed by atoms with Gasteiger partial charge in [-0.15, -0.1) is 12.1 Å². The summed E-state index contributed by atoms with van der Waals surface area (Å²) in [6.07, 6.45) is 0. The van der Waals surface area contributed by atoms with Crippen molar-refractivity contribution in [1.82, 2.24) is 4.40 Å². The SMILES string of the molecule is [Y].[c-]1ccccc1-c1[c-]c2c(cc1)c1cccc3c4ccccc4n2c13. The quantitative estimate of drug-likeness (QED) is 0.292. The minimum absolute atomic E-state index is 0. The molecule has 0 saturated heterocycles. The van der Waals surface area contributed by atoms with Crippen LogP contribution < -0.4 is 0 Å². The molecule has 2 heterocycles. The van der Waals surface area contributed by atoms with E-state index >= 15 is 0 Å². The van der Waals surface area contributed by atoms with E-state index in [1.807, 2.05) is 18.2 Å². The summed E-state index contributed by atoms with van der Waals surface area (Å²) in [4.78, 5) is 0. The Morgan fingerprint density at radius 3 is 2.23 bits per heavy atom. The van der Waals surface area contributed by atoms with E-state index in [9.17, 15) is 0 Å². The van der Waals surface area contributed by atoms with Gasteiger partial charge in [0.25, 0.3) is 0 Å². The summed E-state index contributed by atoms with van der Waals surface area (Å²) in [7, 11) is 0. The minimum Gasteiger partial charge on any atom is -0.327 e. The molecule has 0 N–H and O–H groups in total. The number of fused-ring (bicyclic) bond motifs is 6. The van der Waals surface area contributed by atoms with E-state index in [0.29, 0.717) is 0 Å². The van der Waals surface area contributed by atoms with E-state index in [4.69, 9.17) is 0 Å². The van der Waals surface area contributed by atoms with Crippen molar-refractivity contribution >= 4 is 38.1 Å². The fourth-order valence-corrected chi connectivity index (χ4v) is 4.06. The van der Waals surface area contributed by atoms with Crippen LogP contribution in [-0.2, 0) is 32.7 Å². The van der Waals surface area contributed by atoms with Gasteiger partial charge >= 0.3 is 0 Å². The van der Waals surface area contributed by atoms with Crippen LogP contribution in [0.15, 0.2) is 78.9 Å². The number of nitrogens with zero attached hydrogens (tertiary/aromatic N) is 1. The van der Waals surface area contributed by atoms with Gasteiger partial charge in [-0.25, -0.2) is 11.1 Å². The summed E-state index contributed by atoms with van der Waals surface area (Å²) in [6, 6.07) is 34.6. The summed E-state index contributed by atoms with van der Waals surface area (Å²) in [5.74, 6) is 0. The van der Waals surface area contributed by atoms with Gasteiger partial charge < -0.3 is 4.40 Å². The van der Waals surface area contributed by atoms with Gasteiger partial charge in [-0.3, -0.25) is 0 Å². The van der Waals surface area contributed by atoms with E-state index in [2.05, 4.69) is 77.2 Å². The second-order valence-electron chi connectivity index (χ2n) is 6.46. The van der Waals surface area contributed by atoms with Gasteiger partial charge in [0.05, 0.1) is 11.0 Å². The standard InChI is InChI=1S/C24H13N.Y/c1-2-7-16(8-3-1)17-13-14-19-21-11-6-10-20-18-9-4-5-12-22(18)25(24(20)21)23(19)15-17;/h1-7,9-14H;/q-2;. The molecule has 0 bridgehead atoms. The Labute approximate surface area is 176 Å². The first-order valence-corrected chi connectivity index (χ1v) is 8.48. The Kier molecular flexibility index (Phi) is 3.63. The fraction of sp³-hybridized carbons (Fsp3) is 0. The third kappa shape index (κ3) is 2.05. The van der Waals surface area contributed by atoms with Crippen molar-refractivity contribution in [3.8, 4) is 11.1 Å². The van der Waals surface area contributed by atoms with Crippen molar-refractivity contribution in [2.24, 2.45) is 0 Å². The maximum atomic E-state index is 3.66. The predicted octanol–water partition coefficient (Wildman–Crippen LogP) is 6.10. The van der Waals surface area contributed by atoms with Crippen LogP contribution in [0.2, 0.25) is 0 Å². The summed E-state index contributed by atoms with van der Waals surface area (Å²) >= 11 is 0. The normalized spacial score (nSPS) is 11.5. The third-order valence-corrected chi connectivity index (χ3v) is 5.13. The molecule has 0 unspecified atom stereocenters. The molecule has 0 amide bonds. The van der Waals surface area contributed by atoms with Crippen LogP contribution in [0.3, 0.4) is 0 Å². The molecule has 1 radical (unpaired) electrons. The molecule has 0 aliphatic heterocycles. The van der Waals surface area contributed by atoms with Crippen LogP contribution in [0.4, 0.5) is 0 Å². The zero-order valence-corrected chi connectivity index (χ0v) is 16.9. The summed E-state index contributed by atoms with van der Waals surface area (Å²) in [5, 5.41) is 5.16. The number of rotatable bonds is 1. The number of hydrogen-bond acceptors (Lipinski definition) is 0. The fourth-order valence-electron chi connectivity index (χ4n) is 4.06. The molecule has 6 aromatic rings. The maximum absolute atomic E-state index is 3.66. The molecule has 6 rings (SSSR count). The maximum Gasteiger partial charge on any atom is 0.0523 e. The van der Waals surface area contributed by atoms with Gasteiger partial charge in [0.1, 0.15) is 0 Å². The second kappa shape index (κ2) is 5.91. The Balaban J connectivity index is 0.00000150. The molecule has 0 saturated carbocycles. The molecule has 26 heavy (non-hydrogen) atoms. The predicted molar refractivity (Wildman–Crippen MR) is 104 cm³/mol. The van der Waals surface area contributed by atoms with E-state index in [1.54, 1.807) is 0 Å². The van der Waals surface area contributed by atoms with E-state index < -0.39 is 0 Å². The van der Waals surface area contributed by atoms with Crippen molar-refractivity contribution in [2.75, 3.05) is 0 Å². The van der Waals surface area contributed by atoms with E-state index in [0.717, 1.165) is 16.6 Å². The first-order valence-electron chi connectivity index (χ1n) is 8.48. The Morgan fingerprint density at radius 1 is 0.615 bits per heavy atom. The topological polar surface area (TPSA) is 4.41 Å². The minimum atomic E-state index is 0. The van der Waals surface area contributed by atoms with Gasteiger partial charge in [0.15, 0.2) is 0 Å². The largest absolute Gasteiger partial charge is 0.327 e. The number of benzene rings is 4. The molecule has 2 heteroatoms. The summed E-state index contributed by atoms with van der Waals surface area (Å²) < 4.78 is 2.36. The third-order valence-electron chi connectivity index (χ3n) is 5.13. The molecule has 4 aromatic carbocycles. The van der Waals surface area contributed by atoms with Crippen molar-refractivity contribution in [3.63, 3.8) is 0 Å². The van der Waals surface area contributed by atoms with E-state index in [1.165, 1.54) is 32.6 Å². The van der Waals surface area contributed by atoms with Crippen molar-refractivity contribution in [1.29, 1.82) is 0 Å². The molecule has 2 aromatic heterocycles. The number of hydrogen-bond donors (Lipinski definition) is 0. The molecule has 0 spiro atoms. The molecule has 0 fully saturated rings. The van der Waals surface area contributed by atoms with Crippen LogP contribution >= 0.6 is 0 Å². The van der Waals surface area contributed by atoms with Gasteiger partial charge in [-0.1, -0.05) is 41.8 Å². The van der Waals surface area contributed by atoms with Gasteiger partial charge in [0.2, 0.25) is 0 Å². The molecule has 1 nitrogen and oxygen atoms in total. The smallest absolute Gasteiger partial charge is 0.0523 e. The van der Waals surface area contributed by atoms with Crippen LogP contribution in [0, 0.1) is 12.1 Å². The zero-order valence-electron chi connectivity index (χ0n) is 14.0. The van der Waals surface area contributed by atoms with Crippen LogP contribution in [0.1, 0.15) is 0 Å². The number of para-hydroxylation sites is 2. The Bertz CT molecular complexity index is 1380. The van der Waals surface area contributed by atoms with Gasteiger partial charge in [-0.2, -0.15) is 36.4 Å². The van der Waals surface area contributed by atoms with Crippen LogP contribution in [0.5, 0.6) is 0 Å². The van der Waals surface area contributed by atoms with Crippen LogP contribution in [-0.4, -0.2) is 4.40 Å². The molecule has 0 atom stereocenters. The van der Waals surface area contributed by atoms with Crippen molar-refractivity contribution in [3.05, 3.63) is 91.0 Å². The van der Waals surface area contributed by atoms with Gasteiger partial charge in [-0.05, 0) is 17.0 Å². The summed E-state index contributed by atoms with van der Waals surface area (Å²) in [5.41, 5.74) is 5.84. The monoisotopic (exact) mass is 404 g/mol. The second-order valence-corrected chi connectivity index (χ2v) is 6.46. The van der Waals surface area contributed by atoms with E-state index in [-0.39, 0.29) is 32.7 Å². The first kappa shape index (κ1) is 16.0. The average molecular weight is 404 g/mol.